The fraction of sp³-hybridized carbons (Fsp3) is 0.238. The number of anilines is 1. The van der Waals surface area contributed by atoms with Crippen LogP contribution in [0.3, 0.4) is 0 Å². The first-order chi connectivity index (χ1) is 14.5. The SMILES string of the molecule is COc1ccccc1CNC(=O)c1cc(Cl)c(NC(=O)C2=CSCCO2)cc1OC. The number of para-hydroxylation sites is 1. The number of amides is 2. The lowest BCUT2D eigenvalue weighted by molar-refractivity contribution is -0.116. The molecule has 2 aromatic rings. The summed E-state index contributed by atoms with van der Waals surface area (Å²) in [7, 11) is 3.01. The van der Waals surface area contributed by atoms with Gasteiger partial charge in [0.15, 0.2) is 5.76 Å². The lowest BCUT2D eigenvalue weighted by Gasteiger charge is -2.16. The minimum absolute atomic E-state index is 0.204. The maximum Gasteiger partial charge on any atom is 0.291 e. The Balaban J connectivity index is 1.75. The minimum Gasteiger partial charge on any atom is -0.496 e. The molecular weight excluding hydrogens is 428 g/mol. The fourth-order valence-electron chi connectivity index (χ4n) is 2.79. The Morgan fingerprint density at radius 1 is 1.13 bits per heavy atom. The van der Waals surface area contributed by atoms with Gasteiger partial charge in [-0.3, -0.25) is 9.59 Å². The van der Waals surface area contributed by atoms with E-state index >= 15 is 0 Å². The zero-order chi connectivity index (χ0) is 21.5. The summed E-state index contributed by atoms with van der Waals surface area (Å²) in [6.07, 6.45) is 0. The molecule has 3 rings (SSSR count). The molecule has 158 valence electrons. The predicted octanol–water partition coefficient (Wildman–Crippen LogP) is 3.83. The van der Waals surface area contributed by atoms with Crippen molar-refractivity contribution in [2.24, 2.45) is 0 Å². The molecule has 9 heteroatoms. The molecule has 0 unspecified atom stereocenters. The van der Waals surface area contributed by atoms with Crippen LogP contribution in [0.2, 0.25) is 5.02 Å². The van der Waals surface area contributed by atoms with E-state index in [0.717, 1.165) is 11.3 Å². The molecule has 0 bridgehead atoms. The van der Waals surface area contributed by atoms with E-state index in [2.05, 4.69) is 10.6 Å². The van der Waals surface area contributed by atoms with Crippen molar-refractivity contribution in [1.29, 1.82) is 0 Å². The summed E-state index contributed by atoms with van der Waals surface area (Å²) in [4.78, 5) is 25.1. The van der Waals surface area contributed by atoms with E-state index in [9.17, 15) is 9.59 Å². The first-order valence-corrected chi connectivity index (χ1v) is 10.5. The van der Waals surface area contributed by atoms with Gasteiger partial charge >= 0.3 is 0 Å². The Kier molecular flexibility index (Phi) is 7.48. The van der Waals surface area contributed by atoms with Crippen molar-refractivity contribution in [1.82, 2.24) is 5.32 Å². The Morgan fingerprint density at radius 2 is 1.90 bits per heavy atom. The van der Waals surface area contributed by atoms with Crippen LogP contribution in [0.1, 0.15) is 15.9 Å². The number of rotatable bonds is 7. The molecule has 2 N–H and O–H groups in total. The highest BCUT2D eigenvalue weighted by molar-refractivity contribution is 8.02. The molecule has 30 heavy (non-hydrogen) atoms. The second-order valence-electron chi connectivity index (χ2n) is 6.18. The maximum absolute atomic E-state index is 12.7. The van der Waals surface area contributed by atoms with E-state index in [-0.39, 0.29) is 34.5 Å². The molecule has 1 aliphatic heterocycles. The third-order valence-electron chi connectivity index (χ3n) is 4.29. The average Bonchev–Trinajstić information content (AvgIpc) is 2.79. The molecular formula is C21H21ClN2O5S. The first-order valence-electron chi connectivity index (χ1n) is 9.07. The Labute approximate surface area is 183 Å². The third kappa shape index (κ3) is 5.20. The van der Waals surface area contributed by atoms with Crippen LogP contribution in [0.25, 0.3) is 0 Å². The number of ether oxygens (including phenoxy) is 3. The second kappa shape index (κ2) is 10.3. The van der Waals surface area contributed by atoms with Gasteiger partial charge in [0.25, 0.3) is 11.8 Å². The van der Waals surface area contributed by atoms with Crippen molar-refractivity contribution in [3.63, 3.8) is 0 Å². The zero-order valence-corrected chi connectivity index (χ0v) is 18.1. The number of benzene rings is 2. The minimum atomic E-state index is -0.417. The highest BCUT2D eigenvalue weighted by Gasteiger charge is 2.20. The molecule has 0 spiro atoms. The van der Waals surface area contributed by atoms with Crippen LogP contribution >= 0.6 is 23.4 Å². The highest BCUT2D eigenvalue weighted by Crippen LogP contribution is 2.32. The van der Waals surface area contributed by atoms with Crippen molar-refractivity contribution in [2.45, 2.75) is 6.54 Å². The quantitative estimate of drug-likeness (QED) is 0.669. The summed E-state index contributed by atoms with van der Waals surface area (Å²) in [6, 6.07) is 10.4. The summed E-state index contributed by atoms with van der Waals surface area (Å²) >= 11 is 7.81. The molecule has 1 aliphatic rings. The standard InChI is InChI=1S/C21H21ClN2O5S/c1-27-17-6-4-3-5-13(17)11-23-20(25)14-9-15(22)16(10-18(14)28-2)24-21(26)19-12-30-8-7-29-19/h3-6,9-10,12H,7-8,11H2,1-2H3,(H,23,25)(H,24,26). The first kappa shape index (κ1) is 21.9. The Hall–Kier alpha value is -2.84. The predicted molar refractivity (Wildman–Crippen MR) is 117 cm³/mol. The lowest BCUT2D eigenvalue weighted by atomic mass is 10.1. The van der Waals surface area contributed by atoms with Crippen LogP contribution in [0.4, 0.5) is 5.69 Å². The van der Waals surface area contributed by atoms with Gasteiger partial charge in [0, 0.05) is 29.3 Å². The van der Waals surface area contributed by atoms with Gasteiger partial charge in [0.2, 0.25) is 0 Å². The van der Waals surface area contributed by atoms with Gasteiger partial charge in [0.05, 0.1) is 37.1 Å². The van der Waals surface area contributed by atoms with Crippen LogP contribution < -0.4 is 20.1 Å². The molecule has 2 amide bonds. The van der Waals surface area contributed by atoms with Crippen molar-refractivity contribution in [3.05, 3.63) is 63.7 Å². The van der Waals surface area contributed by atoms with E-state index in [1.54, 1.807) is 12.5 Å². The van der Waals surface area contributed by atoms with Crippen LogP contribution in [0.5, 0.6) is 11.5 Å². The topological polar surface area (TPSA) is 85.9 Å². The molecule has 0 atom stereocenters. The van der Waals surface area contributed by atoms with E-state index < -0.39 is 5.91 Å². The molecule has 0 saturated heterocycles. The molecule has 0 aliphatic carbocycles. The summed E-state index contributed by atoms with van der Waals surface area (Å²) in [5.74, 6) is 1.19. The molecule has 0 saturated carbocycles. The number of carbonyl (C=O) groups is 2. The second-order valence-corrected chi connectivity index (χ2v) is 7.57. The average molecular weight is 449 g/mol. The lowest BCUT2D eigenvalue weighted by Crippen LogP contribution is -2.24. The summed E-state index contributed by atoms with van der Waals surface area (Å²) in [6.45, 7) is 0.734. The maximum atomic E-state index is 12.7. The molecule has 2 aromatic carbocycles. The van der Waals surface area contributed by atoms with Crippen LogP contribution in [-0.2, 0) is 16.1 Å². The number of thioether (sulfide) groups is 1. The molecule has 0 fully saturated rings. The Morgan fingerprint density at radius 3 is 2.60 bits per heavy atom. The molecule has 0 radical (unpaired) electrons. The number of carbonyl (C=O) groups excluding carboxylic acids is 2. The van der Waals surface area contributed by atoms with Gasteiger partial charge in [0.1, 0.15) is 11.5 Å². The van der Waals surface area contributed by atoms with Crippen molar-refractivity contribution in [3.8, 4) is 11.5 Å². The van der Waals surface area contributed by atoms with Gasteiger partial charge in [-0.1, -0.05) is 29.8 Å². The van der Waals surface area contributed by atoms with Gasteiger partial charge in [-0.25, -0.2) is 0 Å². The third-order valence-corrected chi connectivity index (χ3v) is 5.38. The Bertz CT molecular complexity index is 980. The molecule has 0 aromatic heterocycles. The fourth-order valence-corrected chi connectivity index (χ4v) is 3.62. The number of hydrogen-bond donors (Lipinski definition) is 2. The van der Waals surface area contributed by atoms with Gasteiger partial charge in [-0.2, -0.15) is 0 Å². The van der Waals surface area contributed by atoms with Crippen molar-refractivity contribution >= 4 is 40.9 Å². The largest absolute Gasteiger partial charge is 0.496 e. The van der Waals surface area contributed by atoms with Crippen molar-refractivity contribution < 1.29 is 23.8 Å². The van der Waals surface area contributed by atoms with E-state index in [1.165, 1.54) is 31.0 Å². The summed E-state index contributed by atoms with van der Waals surface area (Å²) < 4.78 is 16.0. The number of nitrogens with one attached hydrogen (secondary N) is 2. The highest BCUT2D eigenvalue weighted by atomic mass is 35.5. The van der Waals surface area contributed by atoms with E-state index in [4.69, 9.17) is 25.8 Å². The van der Waals surface area contributed by atoms with Crippen LogP contribution in [-0.4, -0.2) is 38.4 Å². The number of methoxy groups -OCH3 is 2. The van der Waals surface area contributed by atoms with E-state index in [1.807, 2.05) is 24.3 Å². The van der Waals surface area contributed by atoms with Gasteiger partial charge < -0.3 is 24.8 Å². The number of halogens is 1. The van der Waals surface area contributed by atoms with Crippen molar-refractivity contribution in [2.75, 3.05) is 31.9 Å². The monoisotopic (exact) mass is 448 g/mol. The van der Waals surface area contributed by atoms with Gasteiger partial charge in [-0.05, 0) is 12.1 Å². The smallest absolute Gasteiger partial charge is 0.291 e. The number of hydrogen-bond acceptors (Lipinski definition) is 6. The molecule has 1 heterocycles. The van der Waals surface area contributed by atoms with Crippen LogP contribution in [0, 0.1) is 0 Å². The zero-order valence-electron chi connectivity index (χ0n) is 16.5. The summed E-state index contributed by atoms with van der Waals surface area (Å²) in [5, 5.41) is 7.38. The normalized spacial score (nSPS) is 13.0. The van der Waals surface area contributed by atoms with E-state index in [0.29, 0.717) is 18.0 Å². The molecule has 7 nitrogen and oxygen atoms in total. The van der Waals surface area contributed by atoms with Crippen LogP contribution in [0.15, 0.2) is 47.6 Å². The summed E-state index contributed by atoms with van der Waals surface area (Å²) in [5.41, 5.74) is 1.40. The van der Waals surface area contributed by atoms with Gasteiger partial charge in [-0.15, -0.1) is 11.8 Å².